The number of hydrogen-bond acceptors (Lipinski definition) is 7. The summed E-state index contributed by atoms with van der Waals surface area (Å²) in [4.78, 5) is 32.7. The number of rotatable bonds is 4. The van der Waals surface area contributed by atoms with Crippen molar-refractivity contribution in [3.05, 3.63) is 57.5 Å². The molecule has 3 rings (SSSR count). The van der Waals surface area contributed by atoms with E-state index in [1.807, 2.05) is 0 Å². The van der Waals surface area contributed by atoms with Crippen molar-refractivity contribution >= 4 is 44.2 Å². The van der Waals surface area contributed by atoms with Crippen molar-refractivity contribution in [3.8, 4) is 5.75 Å². The largest absolute Gasteiger partial charge is 0.496 e. The van der Waals surface area contributed by atoms with Crippen molar-refractivity contribution in [3.63, 3.8) is 0 Å². The van der Waals surface area contributed by atoms with E-state index in [0.29, 0.717) is 21.0 Å². The number of ether oxygens (including phenoxy) is 1. The molecule has 0 aliphatic carbocycles. The van der Waals surface area contributed by atoms with Gasteiger partial charge in [0.15, 0.2) is 0 Å². The molecule has 0 bridgehead atoms. The van der Waals surface area contributed by atoms with Gasteiger partial charge in [-0.3, -0.25) is 20.4 Å². The quantitative estimate of drug-likeness (QED) is 0.692. The lowest BCUT2D eigenvalue weighted by Gasteiger charge is -2.10. The van der Waals surface area contributed by atoms with Crippen LogP contribution in [-0.2, 0) is 0 Å². The molecule has 0 fully saturated rings. The molecule has 1 aromatic carbocycles. The maximum Gasteiger partial charge on any atom is 0.282 e. The summed E-state index contributed by atoms with van der Waals surface area (Å²) in [6.45, 7) is 0. The highest BCUT2D eigenvalue weighted by Gasteiger charge is 2.13. The van der Waals surface area contributed by atoms with Crippen molar-refractivity contribution in [2.75, 3.05) is 12.5 Å². The zero-order chi connectivity index (χ0) is 17.1. The number of halogens is 1. The molecule has 0 aliphatic rings. The Bertz CT molecular complexity index is 976. The Labute approximate surface area is 145 Å². The smallest absolute Gasteiger partial charge is 0.282 e. The minimum Gasteiger partial charge on any atom is -0.496 e. The molecule has 0 atom stereocenters. The predicted molar refractivity (Wildman–Crippen MR) is 92.8 cm³/mol. The van der Waals surface area contributed by atoms with Gasteiger partial charge in [0.2, 0.25) is 5.13 Å². The third-order valence-electron chi connectivity index (χ3n) is 3.09. The maximum absolute atomic E-state index is 12.3. The van der Waals surface area contributed by atoms with Gasteiger partial charge in [0.25, 0.3) is 11.5 Å². The van der Waals surface area contributed by atoms with Crippen LogP contribution in [0.1, 0.15) is 10.4 Å². The van der Waals surface area contributed by atoms with Gasteiger partial charge < -0.3 is 4.74 Å². The van der Waals surface area contributed by atoms with Gasteiger partial charge in [0.05, 0.1) is 18.1 Å². The molecule has 9 heteroatoms. The fourth-order valence-corrected chi connectivity index (χ4v) is 2.96. The Morgan fingerprint density at radius 2 is 2.17 bits per heavy atom. The van der Waals surface area contributed by atoms with E-state index >= 15 is 0 Å². The number of methoxy groups -OCH3 is 1. The van der Waals surface area contributed by atoms with Crippen molar-refractivity contribution in [1.29, 1.82) is 0 Å². The van der Waals surface area contributed by atoms with Crippen LogP contribution in [0.2, 0.25) is 5.02 Å². The summed E-state index contributed by atoms with van der Waals surface area (Å²) in [6.07, 6.45) is 1.58. The number of amides is 1. The highest BCUT2D eigenvalue weighted by Crippen LogP contribution is 2.23. The Hall–Kier alpha value is -2.71. The average Bonchev–Trinajstić information content (AvgIpc) is 2.59. The van der Waals surface area contributed by atoms with Crippen LogP contribution in [0.15, 0.2) is 41.3 Å². The molecule has 0 aliphatic heterocycles. The van der Waals surface area contributed by atoms with E-state index in [9.17, 15) is 9.59 Å². The number of anilines is 1. The Morgan fingerprint density at radius 1 is 1.33 bits per heavy atom. The molecule has 2 heterocycles. The van der Waals surface area contributed by atoms with Gasteiger partial charge in [-0.05, 0) is 30.3 Å². The highest BCUT2D eigenvalue weighted by atomic mass is 35.5. The summed E-state index contributed by atoms with van der Waals surface area (Å²) < 4.78 is 5.13. The fraction of sp³-hybridized carbons (Fsp3) is 0.0667. The van der Waals surface area contributed by atoms with Crippen molar-refractivity contribution < 1.29 is 9.53 Å². The number of nitrogens with zero attached hydrogens (tertiary/aromatic N) is 2. The molecule has 0 saturated carbocycles. The Balaban J connectivity index is 1.82. The number of carbonyl (C=O) groups excluding carboxylic acids is 1. The van der Waals surface area contributed by atoms with Crippen LogP contribution >= 0.6 is 22.9 Å². The van der Waals surface area contributed by atoms with E-state index < -0.39 is 11.5 Å². The van der Waals surface area contributed by atoms with Gasteiger partial charge in [-0.25, -0.2) is 4.98 Å². The second-order valence-electron chi connectivity index (χ2n) is 4.60. The van der Waals surface area contributed by atoms with Crippen LogP contribution < -0.4 is 21.1 Å². The molecule has 122 valence electrons. The first kappa shape index (κ1) is 16.2. The van der Waals surface area contributed by atoms with Gasteiger partial charge in [-0.1, -0.05) is 22.9 Å². The second-order valence-corrected chi connectivity index (χ2v) is 6.02. The number of nitrogens with one attached hydrogen (secondary N) is 2. The van der Waals surface area contributed by atoms with Crippen LogP contribution in [-0.4, -0.2) is 23.0 Å². The van der Waals surface area contributed by atoms with Crippen molar-refractivity contribution in [2.45, 2.75) is 0 Å². The first-order valence-corrected chi connectivity index (χ1v) is 7.93. The number of carbonyl (C=O) groups is 1. The summed E-state index contributed by atoms with van der Waals surface area (Å²) in [5, 5.41) is 1.05. The van der Waals surface area contributed by atoms with Crippen LogP contribution in [0.25, 0.3) is 10.2 Å². The van der Waals surface area contributed by atoms with Crippen molar-refractivity contribution in [2.24, 2.45) is 0 Å². The molecule has 2 aromatic heterocycles. The van der Waals surface area contributed by atoms with Gasteiger partial charge in [-0.2, -0.15) is 4.98 Å². The second kappa shape index (κ2) is 6.81. The molecule has 2 N–H and O–H groups in total. The van der Waals surface area contributed by atoms with Gasteiger partial charge in [0, 0.05) is 11.2 Å². The lowest BCUT2D eigenvalue weighted by atomic mass is 10.2. The van der Waals surface area contributed by atoms with Gasteiger partial charge in [0.1, 0.15) is 10.6 Å². The number of hydrazine groups is 1. The van der Waals surface area contributed by atoms with Crippen molar-refractivity contribution in [1.82, 2.24) is 15.4 Å². The third kappa shape index (κ3) is 3.29. The first-order chi connectivity index (χ1) is 11.6. The lowest BCUT2D eigenvalue weighted by Crippen LogP contribution is -2.30. The molecular formula is C15H11ClN4O3S. The number of fused-ring (bicyclic) bond motifs is 1. The summed E-state index contributed by atoms with van der Waals surface area (Å²) in [6, 6.07) is 8.00. The fourth-order valence-electron chi connectivity index (χ4n) is 1.99. The summed E-state index contributed by atoms with van der Waals surface area (Å²) >= 11 is 7.05. The standard InChI is InChI=1S/C15H11ClN4O3S/c1-23-11-5-4-8(16)7-10(11)13(22)19-20-15-18-12(21)9-3-2-6-17-14(9)24-15/h2-7H,1H3,(H,19,22)(H,18,20,21). The number of pyridine rings is 1. The molecule has 0 unspecified atom stereocenters. The van der Waals surface area contributed by atoms with E-state index in [0.717, 1.165) is 11.3 Å². The van der Waals surface area contributed by atoms with E-state index in [2.05, 4.69) is 20.8 Å². The molecule has 3 aromatic rings. The number of hydrogen-bond donors (Lipinski definition) is 2. The first-order valence-electron chi connectivity index (χ1n) is 6.74. The maximum atomic E-state index is 12.3. The monoisotopic (exact) mass is 362 g/mol. The lowest BCUT2D eigenvalue weighted by molar-refractivity contribution is 0.0959. The zero-order valence-corrected chi connectivity index (χ0v) is 13.9. The Morgan fingerprint density at radius 3 is 2.96 bits per heavy atom. The minimum absolute atomic E-state index is 0.223. The molecule has 1 amide bonds. The molecule has 7 nitrogen and oxygen atoms in total. The number of benzene rings is 1. The summed E-state index contributed by atoms with van der Waals surface area (Å²) in [5.41, 5.74) is 4.91. The molecular weight excluding hydrogens is 352 g/mol. The van der Waals surface area contributed by atoms with Crippen LogP contribution in [0.4, 0.5) is 5.13 Å². The molecule has 24 heavy (non-hydrogen) atoms. The van der Waals surface area contributed by atoms with E-state index in [-0.39, 0.29) is 10.7 Å². The normalized spacial score (nSPS) is 10.4. The Kier molecular flexibility index (Phi) is 4.59. The van der Waals surface area contributed by atoms with Crippen LogP contribution in [0.5, 0.6) is 5.75 Å². The minimum atomic E-state index is -0.475. The van der Waals surface area contributed by atoms with E-state index in [1.165, 1.54) is 13.2 Å². The van der Waals surface area contributed by atoms with Crippen LogP contribution in [0, 0.1) is 0 Å². The van der Waals surface area contributed by atoms with Gasteiger partial charge in [-0.15, -0.1) is 0 Å². The van der Waals surface area contributed by atoms with Crippen LogP contribution in [0.3, 0.4) is 0 Å². The molecule has 0 radical (unpaired) electrons. The SMILES string of the molecule is COc1ccc(Cl)cc1C(=O)NNc1nc(=O)c2cccnc2s1. The van der Waals surface area contributed by atoms with E-state index in [1.54, 1.807) is 30.5 Å². The average molecular weight is 363 g/mol. The third-order valence-corrected chi connectivity index (χ3v) is 4.23. The zero-order valence-electron chi connectivity index (χ0n) is 12.4. The molecule has 0 saturated heterocycles. The predicted octanol–water partition coefficient (Wildman–Crippen LogP) is 2.47. The molecule has 0 spiro atoms. The van der Waals surface area contributed by atoms with Gasteiger partial charge >= 0.3 is 0 Å². The van der Waals surface area contributed by atoms with E-state index in [4.69, 9.17) is 16.3 Å². The highest BCUT2D eigenvalue weighted by molar-refractivity contribution is 7.21. The summed E-state index contributed by atoms with van der Waals surface area (Å²) in [7, 11) is 1.45. The number of aromatic nitrogens is 2. The summed E-state index contributed by atoms with van der Waals surface area (Å²) in [5.74, 6) is -0.100. The topological polar surface area (TPSA) is 93.2 Å².